The van der Waals surface area contributed by atoms with Crippen molar-refractivity contribution in [3.8, 4) is 0 Å². The Balaban J connectivity index is 2.05. The third kappa shape index (κ3) is 1.91. The molecule has 1 aliphatic carbocycles. The summed E-state index contributed by atoms with van der Waals surface area (Å²) >= 11 is -0.814. The standard InChI is InChI=1S/C13H25NOS/c1-5-11-13(8-6-7-9-13)10-14(11)16(15)12(2,3)4/h11H,5-10H2,1-4H3. The molecule has 2 rings (SSSR count). The Morgan fingerprint density at radius 3 is 2.31 bits per heavy atom. The number of hydrogen-bond acceptors (Lipinski definition) is 2. The summed E-state index contributed by atoms with van der Waals surface area (Å²) in [5.41, 5.74) is 0.537. The van der Waals surface area contributed by atoms with Crippen molar-refractivity contribution >= 4 is 11.4 Å². The molecule has 0 aromatic rings. The molecular formula is C13H25NOS. The maximum absolute atomic E-state index is 12.4. The first-order valence-electron chi connectivity index (χ1n) is 6.59. The molecule has 2 fully saturated rings. The van der Waals surface area contributed by atoms with E-state index in [1.54, 1.807) is 0 Å². The third-order valence-electron chi connectivity index (χ3n) is 4.25. The van der Waals surface area contributed by atoms with Gasteiger partial charge in [0.25, 0.3) is 0 Å². The minimum Gasteiger partial charge on any atom is -0.597 e. The van der Waals surface area contributed by atoms with Crippen molar-refractivity contribution < 1.29 is 4.55 Å². The topological polar surface area (TPSA) is 26.3 Å². The van der Waals surface area contributed by atoms with E-state index in [1.165, 1.54) is 25.7 Å². The fourth-order valence-electron chi connectivity index (χ4n) is 3.45. The van der Waals surface area contributed by atoms with Crippen molar-refractivity contribution in [3.63, 3.8) is 0 Å². The lowest BCUT2D eigenvalue weighted by Crippen LogP contribution is -2.67. The zero-order valence-electron chi connectivity index (χ0n) is 11.1. The zero-order valence-corrected chi connectivity index (χ0v) is 11.9. The summed E-state index contributed by atoms with van der Waals surface area (Å²) in [6.07, 6.45) is 6.65. The van der Waals surface area contributed by atoms with E-state index in [0.29, 0.717) is 11.5 Å². The maximum atomic E-state index is 12.4. The minimum absolute atomic E-state index is 0.104. The van der Waals surface area contributed by atoms with Gasteiger partial charge in [0.2, 0.25) is 0 Å². The van der Waals surface area contributed by atoms with Crippen LogP contribution < -0.4 is 0 Å². The maximum Gasteiger partial charge on any atom is 0.137 e. The summed E-state index contributed by atoms with van der Waals surface area (Å²) < 4.78 is 14.5. The average molecular weight is 243 g/mol. The number of rotatable bonds is 2. The highest BCUT2D eigenvalue weighted by Crippen LogP contribution is 2.53. The van der Waals surface area contributed by atoms with Crippen LogP contribution in [0.4, 0.5) is 0 Å². The summed E-state index contributed by atoms with van der Waals surface area (Å²) in [7, 11) is 0. The number of hydrogen-bond donors (Lipinski definition) is 0. The Morgan fingerprint density at radius 2 is 1.88 bits per heavy atom. The van der Waals surface area contributed by atoms with Crippen LogP contribution in [0.3, 0.4) is 0 Å². The minimum atomic E-state index is -0.814. The van der Waals surface area contributed by atoms with Gasteiger partial charge in [-0.05, 0) is 40.0 Å². The van der Waals surface area contributed by atoms with E-state index in [1.807, 2.05) is 0 Å². The fourth-order valence-corrected chi connectivity index (χ4v) is 5.13. The second kappa shape index (κ2) is 4.18. The summed E-state index contributed by atoms with van der Waals surface area (Å²) in [4.78, 5) is 0. The molecule has 2 nitrogen and oxygen atoms in total. The van der Waals surface area contributed by atoms with Crippen LogP contribution in [0.25, 0.3) is 0 Å². The Labute approximate surface area is 103 Å². The van der Waals surface area contributed by atoms with Gasteiger partial charge in [0.15, 0.2) is 0 Å². The van der Waals surface area contributed by atoms with Gasteiger partial charge in [-0.25, -0.2) is 0 Å². The SMILES string of the molecule is CCC1N([S+]([O-])C(C)(C)C)CC12CCCC2. The van der Waals surface area contributed by atoms with Crippen LogP contribution >= 0.6 is 0 Å². The van der Waals surface area contributed by atoms with Crippen molar-refractivity contribution in [1.82, 2.24) is 4.31 Å². The summed E-state index contributed by atoms with van der Waals surface area (Å²) in [6.45, 7) is 9.56. The van der Waals surface area contributed by atoms with Gasteiger partial charge >= 0.3 is 0 Å². The van der Waals surface area contributed by atoms with Gasteiger partial charge < -0.3 is 4.55 Å². The fraction of sp³-hybridized carbons (Fsp3) is 1.00. The van der Waals surface area contributed by atoms with E-state index < -0.39 is 11.4 Å². The van der Waals surface area contributed by atoms with E-state index >= 15 is 0 Å². The van der Waals surface area contributed by atoms with Crippen LogP contribution in [0.2, 0.25) is 0 Å². The lowest BCUT2D eigenvalue weighted by atomic mass is 9.71. The molecule has 0 N–H and O–H groups in total. The normalized spacial score (nSPS) is 31.7. The molecule has 1 heterocycles. The largest absolute Gasteiger partial charge is 0.597 e. The molecule has 0 aromatic carbocycles. The van der Waals surface area contributed by atoms with Crippen molar-refractivity contribution in [1.29, 1.82) is 0 Å². The van der Waals surface area contributed by atoms with E-state index in [2.05, 4.69) is 32.0 Å². The first-order valence-corrected chi connectivity index (χ1v) is 7.70. The Bertz CT molecular complexity index is 255. The van der Waals surface area contributed by atoms with Crippen molar-refractivity contribution in [2.45, 2.75) is 70.6 Å². The van der Waals surface area contributed by atoms with Crippen LogP contribution in [0.15, 0.2) is 0 Å². The molecule has 0 bridgehead atoms. The molecule has 1 spiro atoms. The molecule has 16 heavy (non-hydrogen) atoms. The van der Waals surface area contributed by atoms with Gasteiger partial charge in [0.05, 0.1) is 12.6 Å². The van der Waals surface area contributed by atoms with Crippen molar-refractivity contribution in [2.75, 3.05) is 6.54 Å². The monoisotopic (exact) mass is 243 g/mol. The lowest BCUT2D eigenvalue weighted by molar-refractivity contribution is -0.00965. The van der Waals surface area contributed by atoms with Crippen LogP contribution in [0, 0.1) is 5.41 Å². The third-order valence-corrected chi connectivity index (χ3v) is 6.11. The highest BCUT2D eigenvalue weighted by molar-refractivity contribution is 7.90. The van der Waals surface area contributed by atoms with Gasteiger partial charge in [0.1, 0.15) is 4.75 Å². The molecule has 94 valence electrons. The first kappa shape index (κ1) is 12.7. The van der Waals surface area contributed by atoms with Gasteiger partial charge in [-0.3, -0.25) is 0 Å². The van der Waals surface area contributed by atoms with Crippen LogP contribution in [-0.2, 0) is 11.4 Å². The molecule has 1 saturated heterocycles. The first-order chi connectivity index (χ1) is 7.41. The van der Waals surface area contributed by atoms with E-state index in [9.17, 15) is 4.55 Å². The van der Waals surface area contributed by atoms with E-state index in [-0.39, 0.29) is 4.75 Å². The van der Waals surface area contributed by atoms with Crippen LogP contribution in [-0.4, -0.2) is 26.2 Å². The molecule has 1 aliphatic heterocycles. The van der Waals surface area contributed by atoms with Crippen LogP contribution in [0.1, 0.15) is 59.8 Å². The van der Waals surface area contributed by atoms with Gasteiger partial charge in [0, 0.05) is 16.8 Å². The van der Waals surface area contributed by atoms with Gasteiger partial charge in [-0.1, -0.05) is 19.8 Å². The predicted octanol–water partition coefficient (Wildman–Crippen LogP) is 3.10. The molecule has 0 aromatic heterocycles. The van der Waals surface area contributed by atoms with Crippen molar-refractivity contribution in [2.24, 2.45) is 5.41 Å². The number of nitrogens with zero attached hydrogens (tertiary/aromatic N) is 1. The van der Waals surface area contributed by atoms with E-state index in [4.69, 9.17) is 0 Å². The highest BCUT2D eigenvalue weighted by atomic mass is 32.2. The van der Waals surface area contributed by atoms with Crippen LogP contribution in [0.5, 0.6) is 0 Å². The zero-order chi connectivity index (χ0) is 12.0. The molecule has 0 amide bonds. The molecule has 2 atom stereocenters. The molecule has 3 heteroatoms. The molecule has 1 saturated carbocycles. The molecule has 0 radical (unpaired) electrons. The molecular weight excluding hydrogens is 218 g/mol. The molecule has 2 aliphatic rings. The highest BCUT2D eigenvalue weighted by Gasteiger charge is 2.58. The van der Waals surface area contributed by atoms with E-state index in [0.717, 1.165) is 13.0 Å². The summed E-state index contributed by atoms with van der Waals surface area (Å²) in [6, 6.07) is 0.579. The lowest BCUT2D eigenvalue weighted by Gasteiger charge is -2.55. The summed E-state index contributed by atoms with van der Waals surface area (Å²) in [5.74, 6) is 0. The van der Waals surface area contributed by atoms with Crippen molar-refractivity contribution in [3.05, 3.63) is 0 Å². The second-order valence-corrected chi connectivity index (χ2v) is 8.62. The Kier molecular flexibility index (Phi) is 3.32. The Hall–Kier alpha value is 0.270. The summed E-state index contributed by atoms with van der Waals surface area (Å²) in [5, 5.41) is 0. The Morgan fingerprint density at radius 1 is 1.31 bits per heavy atom. The average Bonchev–Trinajstić information content (AvgIpc) is 2.63. The quantitative estimate of drug-likeness (QED) is 0.697. The van der Waals surface area contributed by atoms with Gasteiger partial charge in [-0.15, -0.1) is 4.31 Å². The smallest absolute Gasteiger partial charge is 0.137 e. The second-order valence-electron chi connectivity index (χ2n) is 6.43. The van der Waals surface area contributed by atoms with Gasteiger partial charge in [-0.2, -0.15) is 0 Å². The molecule has 2 unspecified atom stereocenters. The predicted molar refractivity (Wildman–Crippen MR) is 69.6 cm³/mol.